The van der Waals surface area contributed by atoms with Crippen molar-refractivity contribution in [1.82, 2.24) is 0 Å². The molecule has 0 heterocycles. The fourth-order valence-corrected chi connectivity index (χ4v) is 0.988. The molecule has 0 bridgehead atoms. The Labute approximate surface area is 64.3 Å². The number of hydrogen-bond acceptors (Lipinski definition) is 1. The van der Waals surface area contributed by atoms with Crippen LogP contribution in [0.25, 0.3) is 0 Å². The van der Waals surface area contributed by atoms with Crippen molar-refractivity contribution < 1.29 is 0 Å². The number of nitrogens with two attached hydrogens (primary N) is 1. The fourth-order valence-electron chi connectivity index (χ4n) is 0.988. The van der Waals surface area contributed by atoms with Gasteiger partial charge in [-0.2, -0.15) is 0 Å². The molecule has 0 aromatic rings. The van der Waals surface area contributed by atoms with E-state index in [0.717, 1.165) is 12.8 Å². The first-order chi connectivity index (χ1) is 4.81. The van der Waals surface area contributed by atoms with Crippen LogP contribution in [-0.4, -0.2) is 6.04 Å². The molecule has 0 aliphatic heterocycles. The van der Waals surface area contributed by atoms with Crippen molar-refractivity contribution >= 4 is 0 Å². The monoisotopic (exact) mass is 141 g/mol. The van der Waals surface area contributed by atoms with Gasteiger partial charge < -0.3 is 5.73 Å². The Morgan fingerprint density at radius 2 is 2.20 bits per heavy atom. The molecule has 60 valence electrons. The summed E-state index contributed by atoms with van der Waals surface area (Å²) in [5.74, 6) is 0. The van der Waals surface area contributed by atoms with Crippen LogP contribution >= 0.6 is 0 Å². The maximum absolute atomic E-state index is 5.75. The van der Waals surface area contributed by atoms with Gasteiger partial charge in [0.2, 0.25) is 0 Å². The molecular weight excluding hydrogens is 122 g/mol. The van der Waals surface area contributed by atoms with Gasteiger partial charge in [-0.05, 0) is 12.8 Å². The second kappa shape index (κ2) is 6.81. The Hall–Kier alpha value is -0.300. The summed E-state index contributed by atoms with van der Waals surface area (Å²) in [6.45, 7) is 5.86. The molecule has 1 heteroatoms. The molecule has 1 atom stereocenters. The largest absolute Gasteiger partial charge is 0.327 e. The van der Waals surface area contributed by atoms with Crippen LogP contribution in [0.15, 0.2) is 12.7 Å². The predicted octanol–water partition coefficient (Wildman–Crippen LogP) is 2.47. The third-order valence-electron chi connectivity index (χ3n) is 1.65. The molecule has 1 nitrogen and oxygen atoms in total. The van der Waals surface area contributed by atoms with Crippen LogP contribution in [0.5, 0.6) is 0 Å². The first-order valence-corrected chi connectivity index (χ1v) is 4.17. The summed E-state index contributed by atoms with van der Waals surface area (Å²) in [5, 5.41) is 0. The lowest BCUT2D eigenvalue weighted by molar-refractivity contribution is 0.564. The van der Waals surface area contributed by atoms with Gasteiger partial charge in [-0.15, -0.1) is 6.58 Å². The van der Waals surface area contributed by atoms with E-state index in [2.05, 4.69) is 13.5 Å². The Bertz CT molecular complexity index is 78.8. The lowest BCUT2D eigenvalue weighted by atomic mass is 10.1. The lowest BCUT2D eigenvalue weighted by Gasteiger charge is -2.06. The van der Waals surface area contributed by atoms with Crippen molar-refractivity contribution in [3.63, 3.8) is 0 Å². The van der Waals surface area contributed by atoms with E-state index in [1.54, 1.807) is 0 Å². The Balaban J connectivity index is 3.04. The summed E-state index contributed by atoms with van der Waals surface area (Å²) in [4.78, 5) is 0. The molecule has 10 heavy (non-hydrogen) atoms. The molecule has 0 aromatic carbocycles. The Morgan fingerprint density at radius 3 is 2.70 bits per heavy atom. The van der Waals surface area contributed by atoms with Gasteiger partial charge >= 0.3 is 0 Å². The van der Waals surface area contributed by atoms with Gasteiger partial charge in [-0.25, -0.2) is 0 Å². The molecule has 0 fully saturated rings. The van der Waals surface area contributed by atoms with Crippen molar-refractivity contribution in [3.05, 3.63) is 12.7 Å². The minimum atomic E-state index is 0.351. The van der Waals surface area contributed by atoms with Gasteiger partial charge in [0.25, 0.3) is 0 Å². The topological polar surface area (TPSA) is 26.0 Å². The Morgan fingerprint density at radius 1 is 1.50 bits per heavy atom. The van der Waals surface area contributed by atoms with E-state index in [1.165, 1.54) is 19.3 Å². The van der Waals surface area contributed by atoms with E-state index >= 15 is 0 Å². The minimum absolute atomic E-state index is 0.351. The van der Waals surface area contributed by atoms with Gasteiger partial charge in [-0.3, -0.25) is 0 Å². The second-order valence-corrected chi connectivity index (χ2v) is 2.78. The maximum Gasteiger partial charge on any atom is 0.00733 e. The summed E-state index contributed by atoms with van der Waals surface area (Å²) in [6.07, 6.45) is 7.87. The third-order valence-corrected chi connectivity index (χ3v) is 1.65. The van der Waals surface area contributed by atoms with Crippen LogP contribution in [0, 0.1) is 0 Å². The molecule has 0 amide bonds. The molecule has 0 aliphatic carbocycles. The van der Waals surface area contributed by atoms with Crippen LogP contribution in [0.4, 0.5) is 0 Å². The first-order valence-electron chi connectivity index (χ1n) is 4.17. The van der Waals surface area contributed by atoms with Gasteiger partial charge in [0.1, 0.15) is 0 Å². The van der Waals surface area contributed by atoms with Crippen molar-refractivity contribution in [3.8, 4) is 0 Å². The summed E-state index contributed by atoms with van der Waals surface area (Å²) >= 11 is 0. The zero-order chi connectivity index (χ0) is 7.82. The van der Waals surface area contributed by atoms with Gasteiger partial charge in [-0.1, -0.05) is 32.3 Å². The third kappa shape index (κ3) is 5.83. The minimum Gasteiger partial charge on any atom is -0.327 e. The highest BCUT2D eigenvalue weighted by Gasteiger charge is 1.97. The normalized spacial score (nSPS) is 13.0. The second-order valence-electron chi connectivity index (χ2n) is 2.78. The molecular formula is C9H19N. The molecule has 0 radical (unpaired) electrons. The van der Waals surface area contributed by atoms with Gasteiger partial charge in [0.05, 0.1) is 0 Å². The number of rotatable bonds is 6. The highest BCUT2D eigenvalue weighted by molar-refractivity contribution is 4.74. The van der Waals surface area contributed by atoms with Gasteiger partial charge in [0, 0.05) is 6.04 Å². The van der Waals surface area contributed by atoms with Crippen molar-refractivity contribution in [2.24, 2.45) is 5.73 Å². The average Bonchev–Trinajstić information content (AvgIpc) is 1.89. The van der Waals surface area contributed by atoms with Crippen molar-refractivity contribution in [2.45, 2.75) is 45.1 Å². The Kier molecular flexibility index (Phi) is 6.61. The maximum atomic E-state index is 5.75. The van der Waals surface area contributed by atoms with E-state index in [0.29, 0.717) is 6.04 Å². The summed E-state index contributed by atoms with van der Waals surface area (Å²) in [7, 11) is 0. The van der Waals surface area contributed by atoms with Crippen LogP contribution < -0.4 is 5.73 Å². The van der Waals surface area contributed by atoms with E-state index in [1.807, 2.05) is 6.08 Å². The molecule has 0 aliphatic rings. The van der Waals surface area contributed by atoms with E-state index in [-0.39, 0.29) is 0 Å². The fraction of sp³-hybridized carbons (Fsp3) is 0.778. The van der Waals surface area contributed by atoms with Crippen LogP contribution in [0.3, 0.4) is 0 Å². The van der Waals surface area contributed by atoms with Crippen molar-refractivity contribution in [1.29, 1.82) is 0 Å². The summed E-state index contributed by atoms with van der Waals surface area (Å²) in [5.41, 5.74) is 5.75. The van der Waals surface area contributed by atoms with Gasteiger partial charge in [0.15, 0.2) is 0 Å². The average molecular weight is 141 g/mol. The predicted molar refractivity (Wildman–Crippen MR) is 46.9 cm³/mol. The van der Waals surface area contributed by atoms with Crippen LogP contribution in [-0.2, 0) is 0 Å². The van der Waals surface area contributed by atoms with E-state index in [9.17, 15) is 0 Å². The summed E-state index contributed by atoms with van der Waals surface area (Å²) in [6, 6.07) is 0.351. The number of unbranched alkanes of at least 4 members (excludes halogenated alkanes) is 2. The summed E-state index contributed by atoms with van der Waals surface area (Å²) < 4.78 is 0. The molecule has 0 rings (SSSR count). The molecule has 0 spiro atoms. The number of hydrogen-bond donors (Lipinski definition) is 1. The van der Waals surface area contributed by atoms with Crippen molar-refractivity contribution in [2.75, 3.05) is 0 Å². The lowest BCUT2D eigenvalue weighted by Crippen LogP contribution is -2.18. The van der Waals surface area contributed by atoms with Crippen LogP contribution in [0.1, 0.15) is 39.0 Å². The highest BCUT2D eigenvalue weighted by atomic mass is 14.6. The quantitative estimate of drug-likeness (QED) is 0.446. The molecule has 0 aromatic heterocycles. The zero-order valence-electron chi connectivity index (χ0n) is 6.97. The smallest absolute Gasteiger partial charge is 0.00733 e. The van der Waals surface area contributed by atoms with Crippen LogP contribution in [0.2, 0.25) is 0 Å². The first kappa shape index (κ1) is 9.70. The van der Waals surface area contributed by atoms with E-state index in [4.69, 9.17) is 5.73 Å². The zero-order valence-corrected chi connectivity index (χ0v) is 6.97. The molecule has 1 unspecified atom stereocenters. The van der Waals surface area contributed by atoms with E-state index < -0.39 is 0 Å². The molecule has 2 N–H and O–H groups in total. The standard InChI is InChI=1S/C9H19N/c1-3-5-6-8-9(10)7-4-2/h4,9H,2-3,5-8,10H2,1H3. The highest BCUT2D eigenvalue weighted by Crippen LogP contribution is 2.03. The SMILES string of the molecule is C=CCC(N)CCCCC. The molecule has 0 saturated heterocycles. The molecule has 0 saturated carbocycles.